The molecule has 1 rings (SSSR count). The van der Waals surface area contributed by atoms with Crippen LogP contribution in [0.3, 0.4) is 0 Å². The largest absolute Gasteiger partial charge is 0.496 e. The van der Waals surface area contributed by atoms with Gasteiger partial charge in [-0.25, -0.2) is 0 Å². The minimum absolute atomic E-state index is 0.233. The number of ether oxygens (including phenoxy) is 1. The zero-order valence-corrected chi connectivity index (χ0v) is 9.78. The lowest BCUT2D eigenvalue weighted by Gasteiger charge is -2.22. The minimum atomic E-state index is -0.233. The molecule has 0 aliphatic rings. The van der Waals surface area contributed by atoms with E-state index in [9.17, 15) is 4.79 Å². The number of nitriles is 1. The number of hydrogen-bond acceptors (Lipinski definition) is 3. The maximum absolute atomic E-state index is 10.7. The Hall–Kier alpha value is -1.82. The fraction of sp³-hybridized carbons (Fsp3) is 0.385. The monoisotopic (exact) mass is 217 g/mol. The van der Waals surface area contributed by atoms with Crippen molar-refractivity contribution in [2.24, 2.45) is 0 Å². The van der Waals surface area contributed by atoms with Gasteiger partial charge in [0.05, 0.1) is 18.7 Å². The summed E-state index contributed by atoms with van der Waals surface area (Å²) in [6.07, 6.45) is 1.19. The predicted octanol–water partition coefficient (Wildman–Crippen LogP) is 2.70. The van der Waals surface area contributed by atoms with E-state index >= 15 is 0 Å². The number of aldehydes is 1. The van der Waals surface area contributed by atoms with E-state index in [1.54, 1.807) is 6.07 Å². The van der Waals surface area contributed by atoms with Gasteiger partial charge >= 0.3 is 0 Å². The normalized spacial score (nSPS) is 10.6. The van der Waals surface area contributed by atoms with Crippen molar-refractivity contribution in [1.29, 1.82) is 5.26 Å². The highest BCUT2D eigenvalue weighted by Gasteiger charge is 2.21. The first kappa shape index (κ1) is 12.3. The zero-order valence-electron chi connectivity index (χ0n) is 9.78. The molecule has 0 fully saturated rings. The second-order valence-corrected chi connectivity index (χ2v) is 4.29. The third-order valence-corrected chi connectivity index (χ3v) is 2.66. The van der Waals surface area contributed by atoms with Gasteiger partial charge in [-0.3, -0.25) is 4.79 Å². The van der Waals surface area contributed by atoms with Gasteiger partial charge in [0.15, 0.2) is 6.29 Å². The van der Waals surface area contributed by atoms with Gasteiger partial charge in [0.1, 0.15) is 5.75 Å². The van der Waals surface area contributed by atoms with Crippen LogP contribution < -0.4 is 4.74 Å². The topological polar surface area (TPSA) is 50.1 Å². The van der Waals surface area contributed by atoms with Crippen molar-refractivity contribution in [2.45, 2.75) is 25.7 Å². The Morgan fingerprint density at radius 3 is 2.69 bits per heavy atom. The molecule has 3 nitrogen and oxygen atoms in total. The molecule has 0 amide bonds. The molecule has 0 bridgehead atoms. The molecule has 0 spiro atoms. The number of benzene rings is 1. The number of rotatable bonds is 4. The van der Waals surface area contributed by atoms with E-state index < -0.39 is 0 Å². The Labute approximate surface area is 95.7 Å². The summed E-state index contributed by atoms with van der Waals surface area (Å²) in [6.45, 7) is 3.98. The first-order valence-corrected chi connectivity index (χ1v) is 5.06. The van der Waals surface area contributed by atoms with Crippen molar-refractivity contribution >= 4 is 6.29 Å². The maximum atomic E-state index is 10.7. The number of carbonyl (C=O) groups is 1. The van der Waals surface area contributed by atoms with Gasteiger partial charge in [-0.15, -0.1) is 0 Å². The standard InChI is InChI=1S/C13H15NO2/c1-13(2,6-7-14)11-5-4-10(9-15)12(8-11)16-3/h4-5,8-9H,6H2,1-3H3. The van der Waals surface area contributed by atoms with Gasteiger partial charge in [0, 0.05) is 11.8 Å². The fourth-order valence-corrected chi connectivity index (χ4v) is 1.53. The minimum Gasteiger partial charge on any atom is -0.496 e. The van der Waals surface area contributed by atoms with Crippen molar-refractivity contribution in [1.82, 2.24) is 0 Å². The summed E-state index contributed by atoms with van der Waals surface area (Å²) in [4.78, 5) is 10.7. The van der Waals surface area contributed by atoms with Crippen LogP contribution in [0.2, 0.25) is 0 Å². The number of methoxy groups -OCH3 is 1. The maximum Gasteiger partial charge on any atom is 0.153 e. The Kier molecular flexibility index (Phi) is 3.68. The van der Waals surface area contributed by atoms with Crippen LogP contribution in [0.15, 0.2) is 18.2 Å². The van der Waals surface area contributed by atoms with E-state index in [0.717, 1.165) is 11.8 Å². The molecule has 0 unspecified atom stereocenters. The molecule has 0 saturated heterocycles. The van der Waals surface area contributed by atoms with Gasteiger partial charge in [0.25, 0.3) is 0 Å². The molecule has 84 valence electrons. The molecule has 0 radical (unpaired) electrons. The van der Waals surface area contributed by atoms with E-state index in [2.05, 4.69) is 6.07 Å². The van der Waals surface area contributed by atoms with E-state index in [1.165, 1.54) is 7.11 Å². The van der Waals surface area contributed by atoms with Crippen molar-refractivity contribution < 1.29 is 9.53 Å². The summed E-state index contributed by atoms with van der Waals surface area (Å²) in [7, 11) is 1.53. The van der Waals surface area contributed by atoms with Gasteiger partial charge in [0.2, 0.25) is 0 Å². The zero-order chi connectivity index (χ0) is 12.2. The lowest BCUT2D eigenvalue weighted by atomic mass is 9.81. The van der Waals surface area contributed by atoms with Gasteiger partial charge in [-0.2, -0.15) is 5.26 Å². The Bertz CT molecular complexity index is 430. The van der Waals surface area contributed by atoms with E-state index in [1.807, 2.05) is 26.0 Å². The summed E-state index contributed by atoms with van der Waals surface area (Å²) >= 11 is 0. The third kappa shape index (κ3) is 2.40. The van der Waals surface area contributed by atoms with Crippen LogP contribution >= 0.6 is 0 Å². The highest BCUT2D eigenvalue weighted by molar-refractivity contribution is 5.79. The first-order chi connectivity index (χ1) is 7.55. The van der Waals surface area contributed by atoms with Crippen LogP contribution in [0.25, 0.3) is 0 Å². The molecule has 0 aliphatic heterocycles. The van der Waals surface area contributed by atoms with Crippen LogP contribution in [0, 0.1) is 11.3 Å². The molecule has 0 aromatic heterocycles. The molecule has 3 heteroatoms. The average Bonchev–Trinajstić information content (AvgIpc) is 2.28. The van der Waals surface area contributed by atoms with Crippen molar-refractivity contribution in [3.05, 3.63) is 29.3 Å². The fourth-order valence-electron chi connectivity index (χ4n) is 1.53. The first-order valence-electron chi connectivity index (χ1n) is 5.06. The van der Waals surface area contributed by atoms with Crippen LogP contribution in [0.5, 0.6) is 5.75 Å². The molecule has 0 atom stereocenters. The second kappa shape index (κ2) is 4.80. The van der Waals surface area contributed by atoms with Crippen LogP contribution in [0.4, 0.5) is 0 Å². The summed E-state index contributed by atoms with van der Waals surface area (Å²) in [5.41, 5.74) is 1.29. The molecule has 1 aromatic rings. The van der Waals surface area contributed by atoms with Crippen molar-refractivity contribution in [3.63, 3.8) is 0 Å². The summed E-state index contributed by atoms with van der Waals surface area (Å²) in [5, 5.41) is 8.75. The lowest BCUT2D eigenvalue weighted by molar-refractivity contribution is 0.112. The molecule has 0 saturated carbocycles. The van der Waals surface area contributed by atoms with Gasteiger partial charge in [-0.1, -0.05) is 19.9 Å². The summed E-state index contributed by atoms with van der Waals surface area (Å²) < 4.78 is 5.14. The number of hydrogen-bond donors (Lipinski definition) is 0. The quantitative estimate of drug-likeness (QED) is 0.728. The van der Waals surface area contributed by atoms with E-state index in [0.29, 0.717) is 17.7 Å². The van der Waals surface area contributed by atoms with Crippen LogP contribution in [0.1, 0.15) is 36.2 Å². The number of nitrogens with zero attached hydrogens (tertiary/aromatic N) is 1. The molecular weight excluding hydrogens is 202 g/mol. The SMILES string of the molecule is COc1cc(C(C)(C)CC#N)ccc1C=O. The van der Waals surface area contributed by atoms with Crippen LogP contribution in [-0.2, 0) is 5.41 Å². The van der Waals surface area contributed by atoms with Gasteiger partial charge in [-0.05, 0) is 17.7 Å². The van der Waals surface area contributed by atoms with Crippen LogP contribution in [-0.4, -0.2) is 13.4 Å². The second-order valence-electron chi connectivity index (χ2n) is 4.29. The highest BCUT2D eigenvalue weighted by Crippen LogP contribution is 2.30. The lowest BCUT2D eigenvalue weighted by Crippen LogP contribution is -2.16. The average molecular weight is 217 g/mol. The summed E-state index contributed by atoms with van der Waals surface area (Å²) in [6, 6.07) is 7.57. The Balaban J connectivity index is 3.18. The molecule has 1 aromatic carbocycles. The Morgan fingerprint density at radius 2 is 2.19 bits per heavy atom. The predicted molar refractivity (Wildman–Crippen MR) is 61.6 cm³/mol. The summed E-state index contributed by atoms with van der Waals surface area (Å²) in [5.74, 6) is 0.554. The molecule has 16 heavy (non-hydrogen) atoms. The van der Waals surface area contributed by atoms with E-state index in [-0.39, 0.29) is 5.41 Å². The van der Waals surface area contributed by atoms with E-state index in [4.69, 9.17) is 10.00 Å². The molecular formula is C13H15NO2. The van der Waals surface area contributed by atoms with Crippen molar-refractivity contribution in [2.75, 3.05) is 7.11 Å². The molecule has 0 N–H and O–H groups in total. The highest BCUT2D eigenvalue weighted by atomic mass is 16.5. The molecule has 0 aliphatic carbocycles. The number of carbonyl (C=O) groups excluding carboxylic acids is 1. The smallest absolute Gasteiger partial charge is 0.153 e. The third-order valence-electron chi connectivity index (χ3n) is 2.66. The van der Waals surface area contributed by atoms with Gasteiger partial charge < -0.3 is 4.74 Å². The Morgan fingerprint density at radius 1 is 1.50 bits per heavy atom. The van der Waals surface area contributed by atoms with Crippen molar-refractivity contribution in [3.8, 4) is 11.8 Å². The molecule has 0 heterocycles.